The Morgan fingerprint density at radius 2 is 1.58 bits per heavy atom. The van der Waals surface area contributed by atoms with Crippen molar-refractivity contribution in [2.24, 2.45) is 0 Å². The minimum absolute atomic E-state index is 0.0882. The third-order valence-corrected chi connectivity index (χ3v) is 5.35. The fraction of sp³-hybridized carbons (Fsp3) is 0.0833. The molecule has 0 aliphatic carbocycles. The minimum Gasteiger partial charge on any atom is -0.507 e. The molecule has 0 spiro atoms. The third kappa shape index (κ3) is 3.78. The number of rotatable bonds is 4. The Morgan fingerprint density at radius 1 is 0.968 bits per heavy atom. The maximum absolute atomic E-state index is 13.6. The average molecular weight is 438 g/mol. The summed E-state index contributed by atoms with van der Waals surface area (Å²) in [7, 11) is 1.52. The summed E-state index contributed by atoms with van der Waals surface area (Å²) < 4.78 is 18.7. The molecule has 3 aromatic carbocycles. The molecule has 1 saturated heterocycles. The van der Waals surface area contributed by atoms with Gasteiger partial charge in [0.15, 0.2) is 0 Å². The van der Waals surface area contributed by atoms with E-state index >= 15 is 0 Å². The van der Waals surface area contributed by atoms with Gasteiger partial charge >= 0.3 is 0 Å². The summed E-state index contributed by atoms with van der Waals surface area (Å²) in [6, 6.07) is 17.4. The Labute approximate surface area is 182 Å². The van der Waals surface area contributed by atoms with Crippen LogP contribution in [0.5, 0.6) is 5.75 Å². The van der Waals surface area contributed by atoms with Crippen molar-refractivity contribution in [1.82, 2.24) is 0 Å². The second-order valence-electron chi connectivity index (χ2n) is 6.93. The number of hydrogen-bond acceptors (Lipinski definition) is 4. The number of amides is 1. The Hall–Kier alpha value is -3.64. The molecule has 0 aromatic heterocycles. The van der Waals surface area contributed by atoms with E-state index in [0.717, 1.165) is 0 Å². The van der Waals surface area contributed by atoms with Gasteiger partial charge in [-0.15, -0.1) is 0 Å². The number of aliphatic hydroxyl groups excluding tert-OH is 1. The Balaban J connectivity index is 1.91. The first-order valence-corrected chi connectivity index (χ1v) is 9.75. The van der Waals surface area contributed by atoms with Gasteiger partial charge in [-0.1, -0.05) is 23.7 Å². The summed E-state index contributed by atoms with van der Waals surface area (Å²) in [5, 5.41) is 11.4. The van der Waals surface area contributed by atoms with Crippen LogP contribution >= 0.6 is 11.6 Å². The van der Waals surface area contributed by atoms with E-state index in [0.29, 0.717) is 27.6 Å². The van der Waals surface area contributed by atoms with Crippen molar-refractivity contribution in [3.8, 4) is 5.75 Å². The SMILES string of the molecule is COc1ccc(N2C(=O)C(=O)/C(=C(\O)c3ccc(Cl)cc3)C2c2ccc(F)cc2)cc1. The first-order valence-electron chi connectivity index (χ1n) is 9.37. The lowest BCUT2D eigenvalue weighted by atomic mass is 9.95. The molecule has 0 saturated carbocycles. The molecule has 0 radical (unpaired) electrons. The molecule has 1 amide bonds. The highest BCUT2D eigenvalue weighted by atomic mass is 35.5. The molecular weight excluding hydrogens is 421 g/mol. The van der Waals surface area contributed by atoms with E-state index in [1.54, 1.807) is 48.5 Å². The number of benzene rings is 3. The molecular formula is C24H17ClFNO4. The van der Waals surface area contributed by atoms with E-state index in [-0.39, 0.29) is 11.3 Å². The fourth-order valence-electron chi connectivity index (χ4n) is 3.57. The fourth-order valence-corrected chi connectivity index (χ4v) is 3.69. The van der Waals surface area contributed by atoms with E-state index in [1.807, 2.05) is 0 Å². The van der Waals surface area contributed by atoms with Crippen LogP contribution in [0, 0.1) is 5.82 Å². The van der Waals surface area contributed by atoms with E-state index in [2.05, 4.69) is 0 Å². The molecule has 4 rings (SSSR count). The van der Waals surface area contributed by atoms with Gasteiger partial charge in [-0.05, 0) is 66.2 Å². The smallest absolute Gasteiger partial charge is 0.300 e. The first kappa shape index (κ1) is 20.6. The minimum atomic E-state index is -0.940. The zero-order valence-electron chi connectivity index (χ0n) is 16.4. The van der Waals surface area contributed by atoms with Gasteiger partial charge in [0, 0.05) is 16.3 Å². The lowest BCUT2D eigenvalue weighted by Crippen LogP contribution is -2.29. The molecule has 1 fully saturated rings. The summed E-state index contributed by atoms with van der Waals surface area (Å²) in [5.41, 5.74) is 1.17. The molecule has 31 heavy (non-hydrogen) atoms. The van der Waals surface area contributed by atoms with Gasteiger partial charge in [-0.25, -0.2) is 4.39 Å². The lowest BCUT2D eigenvalue weighted by molar-refractivity contribution is -0.132. The van der Waals surface area contributed by atoms with Crippen molar-refractivity contribution in [3.05, 3.63) is 100 Å². The highest BCUT2D eigenvalue weighted by molar-refractivity contribution is 6.51. The highest BCUT2D eigenvalue weighted by Gasteiger charge is 2.46. The zero-order chi connectivity index (χ0) is 22.1. The predicted molar refractivity (Wildman–Crippen MR) is 116 cm³/mol. The number of nitrogens with zero attached hydrogens (tertiary/aromatic N) is 1. The molecule has 1 aliphatic heterocycles. The summed E-state index contributed by atoms with van der Waals surface area (Å²) in [6.45, 7) is 0. The maximum Gasteiger partial charge on any atom is 0.300 e. The molecule has 1 heterocycles. The summed E-state index contributed by atoms with van der Waals surface area (Å²) in [5.74, 6) is -1.84. The number of ether oxygens (including phenoxy) is 1. The van der Waals surface area contributed by atoms with E-state index in [4.69, 9.17) is 16.3 Å². The largest absolute Gasteiger partial charge is 0.507 e. The number of carbonyl (C=O) groups is 2. The maximum atomic E-state index is 13.6. The van der Waals surface area contributed by atoms with Crippen LogP contribution in [-0.2, 0) is 9.59 Å². The predicted octanol–water partition coefficient (Wildman–Crippen LogP) is 5.11. The van der Waals surface area contributed by atoms with Crippen molar-refractivity contribution < 1.29 is 23.8 Å². The van der Waals surface area contributed by atoms with Gasteiger partial charge < -0.3 is 9.84 Å². The van der Waals surface area contributed by atoms with E-state index in [1.165, 1.54) is 36.3 Å². The highest BCUT2D eigenvalue weighted by Crippen LogP contribution is 2.42. The average Bonchev–Trinajstić information content (AvgIpc) is 3.05. The van der Waals surface area contributed by atoms with Crippen LogP contribution in [0.4, 0.5) is 10.1 Å². The number of halogens is 2. The van der Waals surface area contributed by atoms with Crippen molar-refractivity contribution in [2.45, 2.75) is 6.04 Å². The van der Waals surface area contributed by atoms with Crippen LogP contribution in [0.25, 0.3) is 5.76 Å². The number of carbonyl (C=O) groups excluding carboxylic acids is 2. The van der Waals surface area contributed by atoms with Gasteiger partial charge in [0.05, 0.1) is 18.7 Å². The Morgan fingerprint density at radius 3 is 2.16 bits per heavy atom. The topological polar surface area (TPSA) is 66.8 Å². The number of Topliss-reactive ketones (excluding diaryl/α,β-unsaturated/α-hetero) is 1. The van der Waals surface area contributed by atoms with Crippen molar-refractivity contribution in [2.75, 3.05) is 12.0 Å². The molecule has 1 N–H and O–H groups in total. The second kappa shape index (κ2) is 8.24. The van der Waals surface area contributed by atoms with Crippen LogP contribution in [-0.4, -0.2) is 23.9 Å². The summed E-state index contributed by atoms with van der Waals surface area (Å²) in [4.78, 5) is 27.3. The standard InChI is InChI=1S/C24H17ClFNO4/c1-31-19-12-10-18(11-13-19)27-21(14-4-8-17(26)9-5-14)20(23(29)24(27)30)22(28)15-2-6-16(25)7-3-15/h2-13,21,28H,1H3/b22-20-. The zero-order valence-corrected chi connectivity index (χ0v) is 17.1. The van der Waals surface area contributed by atoms with Crippen LogP contribution in [0.1, 0.15) is 17.2 Å². The van der Waals surface area contributed by atoms with Gasteiger partial charge in [0.2, 0.25) is 0 Å². The molecule has 5 nitrogen and oxygen atoms in total. The van der Waals surface area contributed by atoms with E-state index in [9.17, 15) is 19.1 Å². The van der Waals surface area contributed by atoms with Gasteiger partial charge in [-0.3, -0.25) is 14.5 Å². The summed E-state index contributed by atoms with van der Waals surface area (Å²) >= 11 is 5.92. The van der Waals surface area contributed by atoms with Gasteiger partial charge in [0.25, 0.3) is 11.7 Å². The molecule has 1 aliphatic rings. The first-order chi connectivity index (χ1) is 14.9. The van der Waals surface area contributed by atoms with Gasteiger partial charge in [0.1, 0.15) is 17.3 Å². The van der Waals surface area contributed by atoms with Crippen LogP contribution in [0.3, 0.4) is 0 Å². The van der Waals surface area contributed by atoms with Crippen LogP contribution in [0.15, 0.2) is 78.4 Å². The molecule has 0 bridgehead atoms. The Bertz CT molecular complexity index is 1170. The normalized spacial score (nSPS) is 17.8. The Kier molecular flexibility index (Phi) is 5.48. The van der Waals surface area contributed by atoms with Crippen molar-refractivity contribution >= 4 is 34.7 Å². The van der Waals surface area contributed by atoms with Crippen LogP contribution < -0.4 is 9.64 Å². The lowest BCUT2D eigenvalue weighted by Gasteiger charge is -2.25. The van der Waals surface area contributed by atoms with Gasteiger partial charge in [-0.2, -0.15) is 0 Å². The monoisotopic (exact) mass is 437 g/mol. The third-order valence-electron chi connectivity index (χ3n) is 5.10. The number of hydrogen-bond donors (Lipinski definition) is 1. The second-order valence-corrected chi connectivity index (χ2v) is 7.36. The molecule has 3 aromatic rings. The molecule has 1 atom stereocenters. The van der Waals surface area contributed by atoms with E-state index < -0.39 is 23.5 Å². The molecule has 1 unspecified atom stereocenters. The molecule has 156 valence electrons. The quantitative estimate of drug-likeness (QED) is 0.350. The summed E-state index contributed by atoms with van der Waals surface area (Å²) in [6.07, 6.45) is 0. The molecule has 7 heteroatoms. The van der Waals surface area contributed by atoms with Crippen LogP contribution in [0.2, 0.25) is 5.02 Å². The number of methoxy groups -OCH3 is 1. The number of aliphatic hydroxyl groups is 1. The van der Waals surface area contributed by atoms with Crippen molar-refractivity contribution in [1.29, 1.82) is 0 Å². The van der Waals surface area contributed by atoms with Crippen molar-refractivity contribution in [3.63, 3.8) is 0 Å². The number of ketones is 1. The number of anilines is 1.